The second kappa shape index (κ2) is 10.9. The predicted octanol–water partition coefficient (Wildman–Crippen LogP) is 4.70. The number of imidazole rings is 1. The summed E-state index contributed by atoms with van der Waals surface area (Å²) in [5.41, 5.74) is 1.06. The fourth-order valence-electron chi connectivity index (χ4n) is 5.27. The number of anilines is 1. The molecule has 2 heterocycles. The van der Waals surface area contributed by atoms with Gasteiger partial charge in [0.15, 0.2) is 23.1 Å². The van der Waals surface area contributed by atoms with E-state index in [9.17, 15) is 9.90 Å². The number of amidine groups is 1. The number of aliphatic hydroxyl groups excluding tert-OH is 1. The van der Waals surface area contributed by atoms with Gasteiger partial charge in [0, 0.05) is 12.6 Å². The normalized spacial score (nSPS) is 22.1. The molecule has 4 rings (SSSR count). The molecule has 0 aromatic carbocycles. The number of carboxylic acid groups (broad SMARTS) is 1. The average Bonchev–Trinajstić information content (AvgIpc) is 3.15. The second-order valence-electron chi connectivity index (χ2n) is 10.8. The smallest absolute Gasteiger partial charge is 0.410 e. The number of allylic oxidation sites excluding steroid dienone is 1. The van der Waals surface area contributed by atoms with Crippen LogP contribution in [0, 0.1) is 29.1 Å². The van der Waals surface area contributed by atoms with Gasteiger partial charge in [0.25, 0.3) is 0 Å². The molecule has 2 saturated carbocycles. The zero-order valence-corrected chi connectivity index (χ0v) is 21.5. The van der Waals surface area contributed by atoms with E-state index in [0.717, 1.165) is 38.5 Å². The quantitative estimate of drug-likeness (QED) is 0.191. The molecular weight excluding hydrogens is 458 g/mol. The van der Waals surface area contributed by atoms with Crippen LogP contribution in [0.2, 0.25) is 0 Å². The molecule has 0 saturated heterocycles. The second-order valence-corrected chi connectivity index (χ2v) is 10.8. The molecule has 10 nitrogen and oxygen atoms in total. The minimum Gasteiger partial charge on any atom is -0.465 e. The first kappa shape index (κ1) is 26.1. The lowest BCUT2D eigenvalue weighted by Gasteiger charge is -2.32. The molecule has 2 fully saturated rings. The van der Waals surface area contributed by atoms with E-state index in [0.29, 0.717) is 47.1 Å². The van der Waals surface area contributed by atoms with Crippen molar-refractivity contribution in [3.63, 3.8) is 0 Å². The molecule has 196 valence electrons. The van der Waals surface area contributed by atoms with Crippen LogP contribution < -0.4 is 10.6 Å². The van der Waals surface area contributed by atoms with Gasteiger partial charge in [-0.3, -0.25) is 10.7 Å². The van der Waals surface area contributed by atoms with Gasteiger partial charge < -0.3 is 20.1 Å². The molecule has 2 aromatic heterocycles. The lowest BCUT2D eigenvalue weighted by molar-refractivity contribution is 0.112. The topological polar surface area (TPSA) is 149 Å². The van der Waals surface area contributed by atoms with Gasteiger partial charge in [-0.2, -0.15) is 0 Å². The molecule has 0 radical (unpaired) electrons. The van der Waals surface area contributed by atoms with Crippen LogP contribution in [-0.2, 0) is 6.54 Å². The zero-order chi connectivity index (χ0) is 26.0. The summed E-state index contributed by atoms with van der Waals surface area (Å²) in [5, 5.41) is 33.9. The van der Waals surface area contributed by atoms with Gasteiger partial charge in [-0.1, -0.05) is 26.3 Å². The van der Waals surface area contributed by atoms with Crippen LogP contribution in [-0.4, -0.2) is 47.7 Å². The van der Waals surface area contributed by atoms with Crippen LogP contribution in [0.15, 0.2) is 12.7 Å². The lowest BCUT2D eigenvalue weighted by Crippen LogP contribution is -2.33. The Kier molecular flexibility index (Phi) is 7.92. The number of nitrogens with zero attached hydrogens (tertiary/aromatic N) is 4. The Morgan fingerprint density at radius 3 is 2.42 bits per heavy atom. The SMILES string of the molecule is C=CC1CCC(Cn2c(C(O)C(C)C)nc3nc(C(=N)NC(=O)O)nc(N[C@H](C)C4CCC4)c32)CC1. The van der Waals surface area contributed by atoms with Crippen LogP contribution in [0.3, 0.4) is 0 Å². The third kappa shape index (κ3) is 5.53. The van der Waals surface area contributed by atoms with Crippen molar-refractivity contribution in [1.82, 2.24) is 24.8 Å². The van der Waals surface area contributed by atoms with Crippen molar-refractivity contribution in [1.29, 1.82) is 5.41 Å². The van der Waals surface area contributed by atoms with Gasteiger partial charge >= 0.3 is 6.09 Å². The van der Waals surface area contributed by atoms with E-state index >= 15 is 0 Å². The van der Waals surface area contributed by atoms with Crippen LogP contribution in [0.1, 0.15) is 83.5 Å². The van der Waals surface area contributed by atoms with E-state index in [1.54, 1.807) is 0 Å². The summed E-state index contributed by atoms with van der Waals surface area (Å²) in [6, 6.07) is 0.149. The molecule has 1 unspecified atom stereocenters. The molecule has 2 aliphatic rings. The van der Waals surface area contributed by atoms with Crippen LogP contribution >= 0.6 is 0 Å². The number of rotatable bonds is 9. The first-order valence-electron chi connectivity index (χ1n) is 13.1. The van der Waals surface area contributed by atoms with E-state index in [2.05, 4.69) is 39.4 Å². The predicted molar refractivity (Wildman–Crippen MR) is 139 cm³/mol. The highest BCUT2D eigenvalue weighted by Crippen LogP contribution is 2.36. The monoisotopic (exact) mass is 497 g/mol. The largest absolute Gasteiger partial charge is 0.465 e. The molecule has 36 heavy (non-hydrogen) atoms. The molecule has 2 atom stereocenters. The number of hydrogen-bond donors (Lipinski definition) is 5. The summed E-state index contributed by atoms with van der Waals surface area (Å²) < 4.78 is 2.06. The van der Waals surface area contributed by atoms with Crippen LogP contribution in [0.25, 0.3) is 11.2 Å². The minimum absolute atomic E-state index is 0.0464. The summed E-state index contributed by atoms with van der Waals surface area (Å²) >= 11 is 0. The van der Waals surface area contributed by atoms with Crippen molar-refractivity contribution in [2.45, 2.75) is 84.4 Å². The summed E-state index contributed by atoms with van der Waals surface area (Å²) in [6.07, 6.45) is 7.76. The van der Waals surface area contributed by atoms with E-state index < -0.39 is 18.0 Å². The van der Waals surface area contributed by atoms with Gasteiger partial charge in [-0.25, -0.2) is 19.7 Å². The molecule has 2 aliphatic carbocycles. The summed E-state index contributed by atoms with van der Waals surface area (Å²) in [5.74, 6) is 2.07. The minimum atomic E-state index is -1.35. The van der Waals surface area contributed by atoms with Crippen molar-refractivity contribution in [2.24, 2.45) is 23.7 Å². The molecular formula is C26H39N7O3. The summed E-state index contributed by atoms with van der Waals surface area (Å²) in [7, 11) is 0. The highest BCUT2D eigenvalue weighted by Gasteiger charge is 2.30. The third-order valence-electron chi connectivity index (χ3n) is 7.87. The molecule has 1 amide bonds. The van der Waals surface area contributed by atoms with Gasteiger partial charge in [0.2, 0.25) is 0 Å². The molecule has 0 bridgehead atoms. The first-order chi connectivity index (χ1) is 17.2. The first-order valence-corrected chi connectivity index (χ1v) is 13.1. The Bertz CT molecular complexity index is 1120. The molecule has 0 aliphatic heterocycles. The number of amides is 1. The third-order valence-corrected chi connectivity index (χ3v) is 7.87. The molecule has 10 heteroatoms. The Hall–Kier alpha value is -3.01. The Labute approximate surface area is 212 Å². The fraction of sp³-hybridized carbons (Fsp3) is 0.654. The number of hydrogen-bond acceptors (Lipinski definition) is 7. The van der Waals surface area contributed by atoms with E-state index in [1.807, 2.05) is 19.2 Å². The Morgan fingerprint density at radius 1 is 1.17 bits per heavy atom. The summed E-state index contributed by atoms with van der Waals surface area (Å²) in [4.78, 5) is 24.9. The Morgan fingerprint density at radius 2 is 1.86 bits per heavy atom. The standard InChI is InChI=1S/C26H39N7O3/c1-5-16-9-11-17(12-10-16)13-33-19-22(28-15(4)18-7-6-8-18)30-24(21(27)29-26(35)36)31-23(19)32-25(33)20(34)14(2)3/h5,14-18,20,34H,1,6-13H2,2-4H3,(H2,27,29)(H,35,36)(H,28,30,31)/t15-,16?,17?,20?/m1/s1. The maximum Gasteiger partial charge on any atom is 0.410 e. The average molecular weight is 498 g/mol. The van der Waals surface area contributed by atoms with Gasteiger partial charge in [-0.05, 0) is 69.1 Å². The van der Waals surface area contributed by atoms with Gasteiger partial charge in [-0.15, -0.1) is 6.58 Å². The maximum atomic E-state index is 11.2. The highest BCUT2D eigenvalue weighted by molar-refractivity contribution is 6.03. The van der Waals surface area contributed by atoms with E-state index in [-0.39, 0.29) is 17.8 Å². The maximum absolute atomic E-state index is 11.2. The Balaban J connectivity index is 1.80. The van der Waals surface area contributed by atoms with Crippen molar-refractivity contribution < 1.29 is 15.0 Å². The van der Waals surface area contributed by atoms with Crippen molar-refractivity contribution >= 4 is 28.9 Å². The van der Waals surface area contributed by atoms with E-state index in [4.69, 9.17) is 15.5 Å². The number of fused-ring (bicyclic) bond motifs is 1. The van der Waals surface area contributed by atoms with Gasteiger partial charge in [0.1, 0.15) is 17.4 Å². The highest BCUT2D eigenvalue weighted by atomic mass is 16.4. The number of aliphatic hydroxyl groups is 1. The fourth-order valence-corrected chi connectivity index (χ4v) is 5.27. The molecule has 0 spiro atoms. The van der Waals surface area contributed by atoms with Crippen molar-refractivity contribution in [3.05, 3.63) is 24.3 Å². The molecule has 2 aromatic rings. The number of carbonyl (C=O) groups is 1. The van der Waals surface area contributed by atoms with Crippen molar-refractivity contribution in [3.8, 4) is 0 Å². The van der Waals surface area contributed by atoms with Crippen LogP contribution in [0.5, 0.6) is 0 Å². The van der Waals surface area contributed by atoms with Gasteiger partial charge in [0.05, 0.1) is 0 Å². The zero-order valence-electron chi connectivity index (χ0n) is 21.5. The van der Waals surface area contributed by atoms with Crippen LogP contribution in [0.4, 0.5) is 10.6 Å². The number of nitrogens with one attached hydrogen (secondary N) is 3. The lowest BCUT2D eigenvalue weighted by atomic mass is 9.80. The summed E-state index contributed by atoms with van der Waals surface area (Å²) in [6.45, 7) is 10.7. The van der Waals surface area contributed by atoms with E-state index in [1.165, 1.54) is 6.42 Å². The molecule has 5 N–H and O–H groups in total. The van der Waals surface area contributed by atoms with Crippen molar-refractivity contribution in [2.75, 3.05) is 5.32 Å². The number of aromatic nitrogens is 4.